The number of carboxylic acid groups (broad SMARTS) is 1. The van der Waals surface area contributed by atoms with Crippen molar-refractivity contribution in [1.82, 2.24) is 4.98 Å². The Bertz CT molecular complexity index is 353. The third-order valence-corrected chi connectivity index (χ3v) is 1.26. The zero-order valence-electron chi connectivity index (χ0n) is 8.30. The highest BCUT2D eigenvalue weighted by Gasteiger charge is 2.12. The molecule has 0 aliphatic rings. The second kappa shape index (κ2) is 6.30. The van der Waals surface area contributed by atoms with E-state index in [1.54, 1.807) is 5.43 Å². The number of rotatable bonds is 3. The highest BCUT2D eigenvalue weighted by molar-refractivity contribution is 5.93. The fourth-order valence-corrected chi connectivity index (χ4v) is 0.761. The number of carboxylic acids is 1. The number of carbonyl (C=O) groups is 1. The summed E-state index contributed by atoms with van der Waals surface area (Å²) in [6.07, 6.45) is 2.30. The number of aromatic carboxylic acids is 1. The summed E-state index contributed by atoms with van der Waals surface area (Å²) in [5.41, 5.74) is 1.43. The number of aromatic nitrogens is 1. The van der Waals surface area contributed by atoms with Crippen molar-refractivity contribution in [2.24, 2.45) is 0 Å². The quantitative estimate of drug-likeness (QED) is 0.580. The van der Waals surface area contributed by atoms with Gasteiger partial charge in [0.25, 0.3) is 0 Å². The normalized spacial score (nSPS) is 8.40. The lowest BCUT2D eigenvalue weighted by atomic mass is 10.2. The summed E-state index contributed by atoms with van der Waals surface area (Å²) in [7, 11) is 0. The van der Waals surface area contributed by atoms with Crippen molar-refractivity contribution >= 4 is 11.7 Å². The van der Waals surface area contributed by atoms with Gasteiger partial charge in [0.05, 0.1) is 0 Å². The molecule has 1 heterocycles. The number of hydrogen-bond donors (Lipinski definition) is 2. The minimum absolute atomic E-state index is 0.0903. The highest BCUT2D eigenvalue weighted by atomic mass is 16.7. The molecule has 0 aromatic carbocycles. The van der Waals surface area contributed by atoms with Crippen molar-refractivity contribution in [3.8, 4) is 0 Å². The van der Waals surface area contributed by atoms with Gasteiger partial charge in [0.2, 0.25) is 0 Å². The van der Waals surface area contributed by atoms with Crippen LogP contribution in [0.1, 0.15) is 24.2 Å². The predicted octanol–water partition coefficient (Wildman–Crippen LogP) is 1.41. The fourth-order valence-electron chi connectivity index (χ4n) is 0.761. The van der Waals surface area contributed by atoms with Crippen LogP contribution >= 0.6 is 0 Å². The van der Waals surface area contributed by atoms with Gasteiger partial charge in [0.15, 0.2) is 5.03 Å². The van der Waals surface area contributed by atoms with Crippen LogP contribution in [0.3, 0.4) is 0 Å². The molecule has 0 amide bonds. The molecule has 0 aliphatic heterocycles. The van der Waals surface area contributed by atoms with Crippen LogP contribution in [0.4, 0.5) is 5.69 Å². The molecule has 0 radical (unpaired) electrons. The molecule has 1 rings (SSSR count). The zero-order chi connectivity index (χ0) is 11.8. The molecule has 15 heavy (non-hydrogen) atoms. The molecule has 7 nitrogen and oxygen atoms in total. The first-order valence-electron chi connectivity index (χ1n) is 4.19. The molecule has 0 unspecified atom stereocenters. The van der Waals surface area contributed by atoms with Gasteiger partial charge in [-0.3, -0.25) is 4.98 Å². The average Bonchev–Trinajstić information content (AvgIpc) is 2.20. The van der Waals surface area contributed by atoms with Crippen LogP contribution in [0.2, 0.25) is 0 Å². The fraction of sp³-hybridized carbons (Fsp3) is 0.250. The standard InChI is InChI=1S/C6H5N3O4.C2H6/c10-6(11)4-3-7-2-1-5(4)8-9(12)13;1-2/h1-3H,(H,7,8)(H,10,11);1-2H3. The van der Waals surface area contributed by atoms with Crippen LogP contribution in [-0.4, -0.2) is 21.1 Å². The van der Waals surface area contributed by atoms with Crippen molar-refractivity contribution in [2.75, 3.05) is 5.43 Å². The second-order valence-corrected chi connectivity index (χ2v) is 2.10. The predicted molar refractivity (Wildman–Crippen MR) is 53.2 cm³/mol. The van der Waals surface area contributed by atoms with E-state index in [4.69, 9.17) is 5.11 Å². The van der Waals surface area contributed by atoms with Gasteiger partial charge in [-0.2, -0.15) is 0 Å². The van der Waals surface area contributed by atoms with Crippen molar-refractivity contribution in [1.29, 1.82) is 0 Å². The number of anilines is 1. The third kappa shape index (κ3) is 4.03. The molecule has 0 atom stereocenters. The molecule has 7 heteroatoms. The van der Waals surface area contributed by atoms with E-state index >= 15 is 0 Å². The van der Waals surface area contributed by atoms with Crippen LogP contribution in [0.5, 0.6) is 0 Å². The molecule has 1 aromatic rings. The maximum absolute atomic E-state index is 10.5. The Hall–Kier alpha value is -2.18. The summed E-state index contributed by atoms with van der Waals surface area (Å²) in [6, 6.07) is 1.21. The summed E-state index contributed by atoms with van der Waals surface area (Å²) >= 11 is 0. The lowest BCUT2D eigenvalue weighted by molar-refractivity contribution is -0.445. The van der Waals surface area contributed by atoms with E-state index in [-0.39, 0.29) is 11.3 Å². The van der Waals surface area contributed by atoms with E-state index in [1.807, 2.05) is 13.8 Å². The first-order chi connectivity index (χ1) is 7.11. The lowest BCUT2D eigenvalue weighted by Crippen LogP contribution is -2.12. The van der Waals surface area contributed by atoms with E-state index in [9.17, 15) is 14.9 Å². The molecule has 82 valence electrons. The Labute approximate surface area is 85.9 Å². The van der Waals surface area contributed by atoms with Gasteiger partial charge < -0.3 is 5.11 Å². The second-order valence-electron chi connectivity index (χ2n) is 2.10. The molecule has 0 saturated carbocycles. The van der Waals surface area contributed by atoms with Crippen molar-refractivity contribution < 1.29 is 14.9 Å². The molecule has 0 spiro atoms. The van der Waals surface area contributed by atoms with E-state index < -0.39 is 11.0 Å². The number of hydrogen-bond acceptors (Lipinski definition) is 4. The molecule has 2 N–H and O–H groups in total. The number of hydrazine groups is 1. The Balaban J connectivity index is 0.000000921. The van der Waals surface area contributed by atoms with E-state index in [0.29, 0.717) is 0 Å². The number of nitrogens with one attached hydrogen (secondary N) is 1. The van der Waals surface area contributed by atoms with Crippen LogP contribution in [-0.2, 0) is 0 Å². The van der Waals surface area contributed by atoms with Crippen LogP contribution in [0.25, 0.3) is 0 Å². The molecule has 0 bridgehead atoms. The lowest BCUT2D eigenvalue weighted by Gasteiger charge is -1.99. The van der Waals surface area contributed by atoms with Crippen molar-refractivity contribution in [3.05, 3.63) is 34.1 Å². The Morgan fingerprint density at radius 3 is 2.67 bits per heavy atom. The summed E-state index contributed by atoms with van der Waals surface area (Å²) < 4.78 is 0. The SMILES string of the molecule is CC.O=C(O)c1cnccc1N[N+](=O)[O-]. The molecular weight excluding hydrogens is 202 g/mol. The summed E-state index contributed by atoms with van der Waals surface area (Å²) in [4.78, 5) is 24.1. The highest BCUT2D eigenvalue weighted by Crippen LogP contribution is 2.12. The van der Waals surface area contributed by atoms with Crippen LogP contribution in [0, 0.1) is 10.1 Å². The smallest absolute Gasteiger partial charge is 0.339 e. The van der Waals surface area contributed by atoms with Gasteiger partial charge in [-0.05, 0) is 6.07 Å². The maximum Gasteiger partial charge on any atom is 0.339 e. The number of nitrogens with zero attached hydrogens (tertiary/aromatic N) is 2. The Morgan fingerprint density at radius 2 is 2.20 bits per heavy atom. The van der Waals surface area contributed by atoms with Gasteiger partial charge in [-0.1, -0.05) is 13.8 Å². The Morgan fingerprint density at radius 1 is 1.60 bits per heavy atom. The van der Waals surface area contributed by atoms with Crippen molar-refractivity contribution in [2.45, 2.75) is 13.8 Å². The third-order valence-electron chi connectivity index (χ3n) is 1.26. The largest absolute Gasteiger partial charge is 0.478 e. The van der Waals surface area contributed by atoms with Gasteiger partial charge in [-0.25, -0.2) is 14.9 Å². The number of nitro groups is 1. The minimum Gasteiger partial charge on any atom is -0.478 e. The molecule has 1 aromatic heterocycles. The Kier molecular flexibility index (Phi) is 5.38. The number of pyridine rings is 1. The molecular formula is C8H11N3O4. The topological polar surface area (TPSA) is 105 Å². The molecule has 0 aliphatic carbocycles. The first-order valence-corrected chi connectivity index (χ1v) is 4.19. The average molecular weight is 213 g/mol. The zero-order valence-corrected chi connectivity index (χ0v) is 8.30. The van der Waals surface area contributed by atoms with Crippen LogP contribution in [0.15, 0.2) is 18.5 Å². The summed E-state index contributed by atoms with van der Waals surface area (Å²) in [6.45, 7) is 4.00. The van der Waals surface area contributed by atoms with Gasteiger partial charge >= 0.3 is 5.97 Å². The maximum atomic E-state index is 10.5. The first kappa shape index (κ1) is 12.8. The molecule has 0 saturated heterocycles. The van der Waals surface area contributed by atoms with E-state index in [2.05, 4.69) is 4.98 Å². The van der Waals surface area contributed by atoms with Crippen molar-refractivity contribution in [3.63, 3.8) is 0 Å². The minimum atomic E-state index is -1.27. The summed E-state index contributed by atoms with van der Waals surface area (Å²) in [5.74, 6) is -1.27. The van der Waals surface area contributed by atoms with Gasteiger partial charge in [-0.15, -0.1) is 5.43 Å². The van der Waals surface area contributed by atoms with E-state index in [1.165, 1.54) is 12.3 Å². The van der Waals surface area contributed by atoms with Crippen LogP contribution < -0.4 is 5.43 Å². The van der Waals surface area contributed by atoms with Gasteiger partial charge in [0.1, 0.15) is 11.3 Å². The monoisotopic (exact) mass is 213 g/mol. The van der Waals surface area contributed by atoms with Gasteiger partial charge in [0, 0.05) is 12.4 Å². The molecule has 0 fully saturated rings. The summed E-state index contributed by atoms with van der Waals surface area (Å²) in [5, 5.41) is 17.8. The van der Waals surface area contributed by atoms with E-state index in [0.717, 1.165) is 6.20 Å².